The number of pyridine rings is 1. The molecule has 0 unspecified atom stereocenters. The predicted molar refractivity (Wildman–Crippen MR) is 67.6 cm³/mol. The Morgan fingerprint density at radius 2 is 2.32 bits per heavy atom. The number of carboxylic acids is 1. The van der Waals surface area contributed by atoms with E-state index in [1.165, 1.54) is 0 Å². The minimum absolute atomic E-state index is 0.199. The molecule has 96 valence electrons. The van der Waals surface area contributed by atoms with Gasteiger partial charge in [0.2, 0.25) is 0 Å². The van der Waals surface area contributed by atoms with E-state index < -0.39 is 5.97 Å². The molecule has 5 heteroatoms. The van der Waals surface area contributed by atoms with Gasteiger partial charge in [-0.3, -0.25) is 0 Å². The van der Waals surface area contributed by atoms with Gasteiger partial charge in [0.05, 0.1) is 5.69 Å². The normalized spacial score (nSPS) is 23.0. The van der Waals surface area contributed by atoms with E-state index in [-0.39, 0.29) is 5.69 Å². The van der Waals surface area contributed by atoms with Crippen LogP contribution in [0.25, 0.3) is 5.82 Å². The number of carboxylic acid groups (broad SMARTS) is 1. The Kier molecular flexibility index (Phi) is 1.94. The zero-order valence-electron chi connectivity index (χ0n) is 10.5. The summed E-state index contributed by atoms with van der Waals surface area (Å²) in [5.41, 5.74) is 3.26. The maximum absolute atomic E-state index is 11.3. The fourth-order valence-corrected chi connectivity index (χ4v) is 3.05. The van der Waals surface area contributed by atoms with Gasteiger partial charge < -0.3 is 5.11 Å². The quantitative estimate of drug-likeness (QED) is 0.890. The van der Waals surface area contributed by atoms with Crippen LogP contribution in [0.15, 0.2) is 18.3 Å². The van der Waals surface area contributed by atoms with Crippen molar-refractivity contribution in [3.8, 4) is 5.82 Å². The van der Waals surface area contributed by atoms with Crippen molar-refractivity contribution in [1.29, 1.82) is 0 Å². The third-order valence-corrected chi connectivity index (χ3v) is 4.08. The second-order valence-corrected chi connectivity index (χ2v) is 5.43. The van der Waals surface area contributed by atoms with E-state index in [0.29, 0.717) is 17.7 Å². The predicted octanol–water partition coefficient (Wildman–Crippen LogP) is 1.93. The largest absolute Gasteiger partial charge is 0.476 e. The summed E-state index contributed by atoms with van der Waals surface area (Å²) in [6, 6.07) is 3.86. The Bertz CT molecular complexity index is 687. The van der Waals surface area contributed by atoms with Crippen molar-refractivity contribution in [3.63, 3.8) is 0 Å². The molecular formula is C14H13N3O2. The van der Waals surface area contributed by atoms with E-state index in [2.05, 4.69) is 10.1 Å². The highest BCUT2D eigenvalue weighted by atomic mass is 16.4. The van der Waals surface area contributed by atoms with Crippen LogP contribution in [0, 0.1) is 12.8 Å². The SMILES string of the molecule is Cc1ccc(-n2nc(C(=O)O)c3c2[C@@H]2C[C@@H]2C3)nc1. The van der Waals surface area contributed by atoms with Crippen LogP contribution in [0.5, 0.6) is 0 Å². The van der Waals surface area contributed by atoms with Crippen LogP contribution in [0.1, 0.15) is 39.6 Å². The van der Waals surface area contributed by atoms with E-state index in [9.17, 15) is 9.90 Å². The maximum Gasteiger partial charge on any atom is 0.356 e. The van der Waals surface area contributed by atoms with Crippen molar-refractivity contribution in [2.45, 2.75) is 25.7 Å². The molecule has 0 aliphatic heterocycles. The molecule has 2 aromatic heterocycles. The molecule has 0 amide bonds. The molecule has 1 saturated carbocycles. The van der Waals surface area contributed by atoms with Crippen molar-refractivity contribution in [2.24, 2.45) is 5.92 Å². The van der Waals surface area contributed by atoms with Crippen LogP contribution in [-0.2, 0) is 6.42 Å². The molecule has 0 bridgehead atoms. The molecule has 0 radical (unpaired) electrons. The van der Waals surface area contributed by atoms with Crippen LogP contribution in [0.4, 0.5) is 0 Å². The van der Waals surface area contributed by atoms with Gasteiger partial charge in [-0.05, 0) is 37.3 Å². The van der Waals surface area contributed by atoms with Gasteiger partial charge in [0.1, 0.15) is 0 Å². The number of rotatable bonds is 2. The Morgan fingerprint density at radius 1 is 1.47 bits per heavy atom. The number of fused-ring (bicyclic) bond motifs is 3. The number of hydrogen-bond donors (Lipinski definition) is 1. The average molecular weight is 255 g/mol. The van der Waals surface area contributed by atoms with Crippen LogP contribution in [0.3, 0.4) is 0 Å². The first kappa shape index (κ1) is 10.7. The van der Waals surface area contributed by atoms with Gasteiger partial charge in [0.25, 0.3) is 0 Å². The van der Waals surface area contributed by atoms with Crippen LogP contribution in [0.2, 0.25) is 0 Å². The van der Waals surface area contributed by atoms with Gasteiger partial charge in [0, 0.05) is 17.7 Å². The molecule has 2 aliphatic rings. The molecule has 0 saturated heterocycles. The summed E-state index contributed by atoms with van der Waals surface area (Å²) in [5, 5.41) is 13.5. The number of hydrogen-bond acceptors (Lipinski definition) is 3. The molecule has 1 N–H and O–H groups in total. The topological polar surface area (TPSA) is 68.0 Å². The fourth-order valence-electron chi connectivity index (χ4n) is 3.05. The summed E-state index contributed by atoms with van der Waals surface area (Å²) in [6.07, 6.45) is 3.79. The summed E-state index contributed by atoms with van der Waals surface area (Å²) in [5.74, 6) is 0.881. The van der Waals surface area contributed by atoms with Crippen molar-refractivity contribution >= 4 is 5.97 Å². The van der Waals surface area contributed by atoms with Crippen molar-refractivity contribution in [3.05, 3.63) is 40.8 Å². The highest BCUT2D eigenvalue weighted by molar-refractivity contribution is 5.88. The van der Waals surface area contributed by atoms with Crippen molar-refractivity contribution in [2.75, 3.05) is 0 Å². The lowest BCUT2D eigenvalue weighted by atomic mass is 10.1. The number of aromatic carboxylic acids is 1. The summed E-state index contributed by atoms with van der Waals surface area (Å²) in [6.45, 7) is 1.98. The molecule has 2 heterocycles. The molecule has 0 aromatic carbocycles. The Balaban J connectivity index is 1.91. The second-order valence-electron chi connectivity index (χ2n) is 5.43. The molecule has 19 heavy (non-hydrogen) atoms. The smallest absolute Gasteiger partial charge is 0.356 e. The monoisotopic (exact) mass is 255 g/mol. The third-order valence-electron chi connectivity index (χ3n) is 4.08. The first-order valence-corrected chi connectivity index (χ1v) is 6.43. The van der Waals surface area contributed by atoms with Gasteiger partial charge in [-0.2, -0.15) is 5.10 Å². The van der Waals surface area contributed by atoms with E-state index in [1.54, 1.807) is 10.9 Å². The fraction of sp³-hybridized carbons (Fsp3) is 0.357. The zero-order valence-corrected chi connectivity index (χ0v) is 10.5. The molecule has 1 fully saturated rings. The molecule has 2 aliphatic carbocycles. The third kappa shape index (κ3) is 1.44. The van der Waals surface area contributed by atoms with Gasteiger partial charge in [0.15, 0.2) is 11.5 Å². The Hall–Kier alpha value is -2.17. The number of aromatic nitrogens is 3. The molecule has 0 spiro atoms. The van der Waals surface area contributed by atoms with Crippen molar-refractivity contribution < 1.29 is 9.90 Å². The second kappa shape index (κ2) is 3.44. The molecule has 2 aromatic rings. The minimum Gasteiger partial charge on any atom is -0.476 e. The van der Waals surface area contributed by atoms with Gasteiger partial charge in [-0.1, -0.05) is 6.07 Å². The molecule has 2 atom stereocenters. The number of aryl methyl sites for hydroxylation is 1. The van der Waals surface area contributed by atoms with E-state index in [4.69, 9.17) is 0 Å². The molecular weight excluding hydrogens is 242 g/mol. The van der Waals surface area contributed by atoms with Crippen molar-refractivity contribution in [1.82, 2.24) is 14.8 Å². The van der Waals surface area contributed by atoms with E-state index >= 15 is 0 Å². The van der Waals surface area contributed by atoms with Crippen LogP contribution >= 0.6 is 0 Å². The standard InChI is InChI=1S/C14H13N3O2/c1-7-2-3-11(15-6-7)17-13-9-4-8(9)5-10(13)12(16-17)14(18)19/h2-3,6,8-9H,4-5H2,1H3,(H,18,19)/t8-,9-/m1/s1. The summed E-state index contributed by atoms with van der Waals surface area (Å²) < 4.78 is 1.73. The minimum atomic E-state index is -0.941. The van der Waals surface area contributed by atoms with Crippen LogP contribution in [-0.4, -0.2) is 25.8 Å². The molecule has 4 rings (SSSR count). The summed E-state index contributed by atoms with van der Waals surface area (Å²) in [4.78, 5) is 15.6. The number of nitrogens with zero attached hydrogens (tertiary/aromatic N) is 3. The lowest BCUT2D eigenvalue weighted by molar-refractivity contribution is 0.0688. The lowest BCUT2D eigenvalue weighted by Gasteiger charge is -2.05. The highest BCUT2D eigenvalue weighted by Gasteiger charge is 2.50. The maximum atomic E-state index is 11.3. The first-order valence-electron chi connectivity index (χ1n) is 6.43. The lowest BCUT2D eigenvalue weighted by Crippen LogP contribution is -2.05. The number of carbonyl (C=O) groups is 1. The molecule has 5 nitrogen and oxygen atoms in total. The van der Waals surface area contributed by atoms with E-state index in [0.717, 1.165) is 29.7 Å². The Labute approximate surface area is 109 Å². The van der Waals surface area contributed by atoms with Crippen LogP contribution < -0.4 is 0 Å². The Morgan fingerprint density at radius 3 is 3.00 bits per heavy atom. The van der Waals surface area contributed by atoms with Gasteiger partial charge >= 0.3 is 5.97 Å². The van der Waals surface area contributed by atoms with Gasteiger partial charge in [-0.25, -0.2) is 14.5 Å². The summed E-state index contributed by atoms with van der Waals surface area (Å²) in [7, 11) is 0. The highest BCUT2D eigenvalue weighted by Crippen LogP contribution is 2.57. The van der Waals surface area contributed by atoms with Gasteiger partial charge in [-0.15, -0.1) is 0 Å². The first-order chi connectivity index (χ1) is 9.15. The average Bonchev–Trinajstić information content (AvgIpc) is 2.89. The summed E-state index contributed by atoms with van der Waals surface area (Å²) >= 11 is 0. The van der Waals surface area contributed by atoms with E-state index in [1.807, 2.05) is 19.1 Å². The zero-order chi connectivity index (χ0) is 13.1.